The van der Waals surface area contributed by atoms with E-state index in [2.05, 4.69) is 70.9 Å². The van der Waals surface area contributed by atoms with Gasteiger partial charge in [0.1, 0.15) is 0 Å². The fraction of sp³-hybridized carbons (Fsp3) is 0.444. The molecule has 0 spiro atoms. The predicted molar refractivity (Wildman–Crippen MR) is 111 cm³/mol. The van der Waals surface area contributed by atoms with E-state index in [1.165, 1.54) is 9.75 Å². The summed E-state index contributed by atoms with van der Waals surface area (Å²) in [5.41, 5.74) is 0. The molecular formula is C18H28Br2Cu2N4S2. The molecule has 2 heterocycles. The second kappa shape index (κ2) is 23.9. The first-order chi connectivity index (χ1) is 11.6. The second-order valence-corrected chi connectivity index (χ2v) is 7.67. The van der Waals surface area contributed by atoms with Crippen LogP contribution >= 0.6 is 22.7 Å². The van der Waals surface area contributed by atoms with Crippen molar-refractivity contribution in [1.29, 1.82) is 0 Å². The van der Waals surface area contributed by atoms with Crippen molar-refractivity contribution >= 4 is 35.1 Å². The molecule has 4 nitrogen and oxygen atoms in total. The Morgan fingerprint density at radius 2 is 1.11 bits per heavy atom. The van der Waals surface area contributed by atoms with E-state index < -0.39 is 0 Å². The maximum atomic E-state index is 4.30. The number of nitrogens with zero attached hydrogens (tertiary/aromatic N) is 4. The predicted octanol–water partition coefficient (Wildman–Crippen LogP) is -2.54. The van der Waals surface area contributed by atoms with Crippen molar-refractivity contribution in [3.8, 4) is 0 Å². The number of aliphatic imine (C=N–C) groups is 2. The van der Waals surface area contributed by atoms with Crippen molar-refractivity contribution < 1.29 is 68.1 Å². The van der Waals surface area contributed by atoms with Crippen LogP contribution in [-0.2, 0) is 34.1 Å². The van der Waals surface area contributed by atoms with Crippen LogP contribution in [-0.4, -0.2) is 76.6 Å². The maximum Gasteiger partial charge on any atom is 1.00 e. The van der Waals surface area contributed by atoms with E-state index in [1.54, 1.807) is 22.7 Å². The summed E-state index contributed by atoms with van der Waals surface area (Å²) in [6, 6.07) is 8.23. The summed E-state index contributed by atoms with van der Waals surface area (Å²) in [5, 5.41) is 4.13. The zero-order valence-electron chi connectivity index (χ0n) is 16.4. The Balaban J connectivity index is -0.000000180. The van der Waals surface area contributed by atoms with E-state index in [9.17, 15) is 0 Å². The molecule has 0 atom stereocenters. The second-order valence-electron chi connectivity index (χ2n) is 5.71. The molecule has 168 valence electrons. The number of halogens is 2. The van der Waals surface area contributed by atoms with Crippen molar-refractivity contribution in [3.63, 3.8) is 0 Å². The Labute approximate surface area is 220 Å². The molecule has 0 aliphatic rings. The van der Waals surface area contributed by atoms with Crippen molar-refractivity contribution in [2.75, 3.05) is 54.4 Å². The number of thiophene rings is 2. The Hall–Kier alpha value is 0.659. The van der Waals surface area contributed by atoms with Gasteiger partial charge >= 0.3 is 34.1 Å². The largest absolute Gasteiger partial charge is 1.00 e. The van der Waals surface area contributed by atoms with Crippen molar-refractivity contribution in [2.24, 2.45) is 9.98 Å². The molecular weight excluding hydrogens is 623 g/mol. The van der Waals surface area contributed by atoms with Crippen LogP contribution in [0.25, 0.3) is 0 Å². The van der Waals surface area contributed by atoms with Crippen LogP contribution in [0.4, 0.5) is 0 Å². The summed E-state index contributed by atoms with van der Waals surface area (Å²) in [7, 11) is 8.22. The monoisotopic (exact) mass is 648 g/mol. The Kier molecular flexibility index (Phi) is 30.8. The van der Waals surface area contributed by atoms with Gasteiger partial charge in [0.15, 0.2) is 0 Å². The SMILES string of the molecule is CN(C)CCN=Cc1cccs1.CN(C)CCN=Cc1cccs1.[Br-].[Br-].[Cu+].[Cu+]. The number of likely N-dealkylation sites (N-methyl/N-ethyl adjacent to an activating group) is 2. The van der Waals surface area contributed by atoms with E-state index in [0.717, 1.165) is 26.2 Å². The fourth-order valence-electron chi connectivity index (χ4n) is 1.55. The first-order valence-corrected chi connectivity index (χ1v) is 9.70. The first-order valence-electron chi connectivity index (χ1n) is 7.94. The molecule has 2 rings (SSSR count). The zero-order valence-corrected chi connectivity index (χ0v) is 23.1. The Bertz CT molecular complexity index is 526. The minimum atomic E-state index is 0. The molecule has 2 aromatic heterocycles. The third kappa shape index (κ3) is 21.4. The van der Waals surface area contributed by atoms with E-state index in [0.29, 0.717) is 0 Å². The fourth-order valence-corrected chi connectivity index (χ4v) is 2.77. The molecule has 0 N–H and O–H groups in total. The van der Waals surface area contributed by atoms with E-state index in [4.69, 9.17) is 0 Å². The smallest absolute Gasteiger partial charge is 1.00 e. The third-order valence-corrected chi connectivity index (χ3v) is 4.49. The molecule has 0 unspecified atom stereocenters. The Morgan fingerprint density at radius 1 is 0.750 bits per heavy atom. The van der Waals surface area contributed by atoms with Gasteiger partial charge in [0.25, 0.3) is 0 Å². The molecule has 10 heteroatoms. The molecule has 0 saturated heterocycles. The van der Waals surface area contributed by atoms with Crippen molar-refractivity contribution in [2.45, 2.75) is 0 Å². The van der Waals surface area contributed by atoms with Gasteiger partial charge in [-0.2, -0.15) is 0 Å². The number of rotatable bonds is 8. The summed E-state index contributed by atoms with van der Waals surface area (Å²) < 4.78 is 0. The van der Waals surface area contributed by atoms with Gasteiger partial charge in [0.2, 0.25) is 0 Å². The van der Waals surface area contributed by atoms with E-state index in [-0.39, 0.29) is 68.1 Å². The van der Waals surface area contributed by atoms with Gasteiger partial charge in [-0.3, -0.25) is 9.98 Å². The molecule has 0 bridgehead atoms. The molecule has 0 fully saturated rings. The van der Waals surface area contributed by atoms with Gasteiger partial charge in [-0.25, -0.2) is 0 Å². The minimum Gasteiger partial charge on any atom is -1.00 e. The molecule has 2 aromatic rings. The van der Waals surface area contributed by atoms with Crippen LogP contribution in [0.2, 0.25) is 0 Å². The normalized spacial score (nSPS) is 9.93. The van der Waals surface area contributed by atoms with Crippen molar-refractivity contribution in [1.82, 2.24) is 9.80 Å². The molecule has 0 aromatic carbocycles. The van der Waals surface area contributed by atoms with Gasteiger partial charge in [0.05, 0.1) is 13.1 Å². The quantitative estimate of drug-likeness (QED) is 0.233. The van der Waals surface area contributed by atoms with Gasteiger partial charge in [-0.1, -0.05) is 12.1 Å². The van der Waals surface area contributed by atoms with Crippen LogP contribution < -0.4 is 34.0 Å². The first kappa shape index (κ1) is 36.1. The van der Waals surface area contributed by atoms with E-state index in [1.807, 2.05) is 24.6 Å². The summed E-state index contributed by atoms with van der Waals surface area (Å²) in [6.07, 6.45) is 3.88. The molecule has 28 heavy (non-hydrogen) atoms. The van der Waals surface area contributed by atoms with Crippen LogP contribution in [0.5, 0.6) is 0 Å². The minimum absolute atomic E-state index is 0. The van der Waals surface area contributed by atoms with E-state index >= 15 is 0 Å². The summed E-state index contributed by atoms with van der Waals surface area (Å²) in [4.78, 5) is 15.3. The third-order valence-electron chi connectivity index (χ3n) is 2.88. The number of hydrogen-bond donors (Lipinski definition) is 0. The van der Waals surface area contributed by atoms with Crippen LogP contribution in [0.1, 0.15) is 9.75 Å². The topological polar surface area (TPSA) is 31.2 Å². The van der Waals surface area contributed by atoms with Crippen LogP contribution in [0.3, 0.4) is 0 Å². The summed E-state index contributed by atoms with van der Waals surface area (Å²) in [6.45, 7) is 3.79. The van der Waals surface area contributed by atoms with Gasteiger partial charge in [-0.15, -0.1) is 22.7 Å². The number of hydrogen-bond acceptors (Lipinski definition) is 6. The molecule has 0 aliphatic heterocycles. The van der Waals surface area contributed by atoms with Crippen molar-refractivity contribution in [3.05, 3.63) is 44.8 Å². The Morgan fingerprint density at radius 3 is 1.36 bits per heavy atom. The summed E-state index contributed by atoms with van der Waals surface area (Å²) >= 11 is 3.44. The molecule has 0 saturated carbocycles. The average Bonchev–Trinajstić information content (AvgIpc) is 3.22. The summed E-state index contributed by atoms with van der Waals surface area (Å²) in [5.74, 6) is 0. The van der Waals surface area contributed by atoms with Gasteiger partial charge in [-0.05, 0) is 51.1 Å². The molecule has 0 aliphatic carbocycles. The van der Waals surface area contributed by atoms with Gasteiger partial charge < -0.3 is 43.8 Å². The van der Waals surface area contributed by atoms with Crippen LogP contribution in [0, 0.1) is 0 Å². The average molecular weight is 651 g/mol. The standard InChI is InChI=1S/2C9H14N2S.2BrH.2Cu/c2*1-11(2)6-5-10-8-9-4-3-7-12-9;;;;/h2*3-4,7-8H,5-6H2,1-2H3;2*1H;;/q;;;;2*+1/p-2. The van der Waals surface area contributed by atoms with Gasteiger partial charge in [0, 0.05) is 35.3 Å². The maximum absolute atomic E-state index is 4.30. The zero-order chi connectivity index (χ0) is 17.6. The molecule has 0 amide bonds. The van der Waals surface area contributed by atoms with Crippen LogP contribution in [0.15, 0.2) is 45.0 Å². The molecule has 0 radical (unpaired) electrons.